The van der Waals surface area contributed by atoms with Crippen LogP contribution in [0.5, 0.6) is 5.75 Å². The highest BCUT2D eigenvalue weighted by molar-refractivity contribution is 5.33. The summed E-state index contributed by atoms with van der Waals surface area (Å²) in [5.41, 5.74) is 0.625. The van der Waals surface area contributed by atoms with E-state index in [1.807, 2.05) is 25.1 Å². The van der Waals surface area contributed by atoms with Gasteiger partial charge in [-0.15, -0.1) is 0 Å². The van der Waals surface area contributed by atoms with Gasteiger partial charge < -0.3 is 15.2 Å². The van der Waals surface area contributed by atoms with E-state index in [0.717, 1.165) is 37.1 Å². The summed E-state index contributed by atoms with van der Waals surface area (Å²) in [6.45, 7) is 6.31. The van der Waals surface area contributed by atoms with Gasteiger partial charge in [0.25, 0.3) is 0 Å². The Morgan fingerprint density at radius 2 is 2.20 bits per heavy atom. The van der Waals surface area contributed by atoms with E-state index in [1.54, 1.807) is 0 Å². The van der Waals surface area contributed by atoms with Gasteiger partial charge in [-0.25, -0.2) is 0 Å². The molecule has 1 aromatic carbocycles. The van der Waals surface area contributed by atoms with Gasteiger partial charge in [0.15, 0.2) is 0 Å². The Morgan fingerprint density at radius 1 is 1.40 bits per heavy atom. The SMILES string of the molecule is CCOc1ccccc1CNCC1(O)CCCC(C)C1. The monoisotopic (exact) mass is 277 g/mol. The van der Waals surface area contributed by atoms with Crippen molar-refractivity contribution in [2.45, 2.75) is 51.7 Å². The Balaban J connectivity index is 1.86. The minimum absolute atomic E-state index is 0.530. The summed E-state index contributed by atoms with van der Waals surface area (Å²) in [6, 6.07) is 8.09. The second-order valence-electron chi connectivity index (χ2n) is 6.07. The van der Waals surface area contributed by atoms with E-state index in [-0.39, 0.29) is 0 Å². The van der Waals surface area contributed by atoms with Crippen molar-refractivity contribution >= 4 is 0 Å². The van der Waals surface area contributed by atoms with Crippen molar-refractivity contribution in [3.8, 4) is 5.75 Å². The van der Waals surface area contributed by atoms with Crippen molar-refractivity contribution in [2.75, 3.05) is 13.2 Å². The molecule has 2 rings (SSSR count). The van der Waals surface area contributed by atoms with Crippen LogP contribution in [0.4, 0.5) is 0 Å². The maximum absolute atomic E-state index is 10.6. The predicted molar refractivity (Wildman–Crippen MR) is 81.9 cm³/mol. The molecule has 1 aliphatic carbocycles. The van der Waals surface area contributed by atoms with Crippen LogP contribution in [0.1, 0.15) is 45.1 Å². The van der Waals surface area contributed by atoms with E-state index in [4.69, 9.17) is 4.74 Å². The van der Waals surface area contributed by atoms with Crippen LogP contribution >= 0.6 is 0 Å². The van der Waals surface area contributed by atoms with Gasteiger partial charge in [0.05, 0.1) is 12.2 Å². The first kappa shape index (κ1) is 15.3. The number of ether oxygens (including phenoxy) is 1. The Kier molecular flexibility index (Phi) is 5.44. The van der Waals surface area contributed by atoms with Crippen LogP contribution < -0.4 is 10.1 Å². The number of nitrogens with one attached hydrogen (secondary N) is 1. The molecule has 1 saturated carbocycles. The van der Waals surface area contributed by atoms with E-state index in [9.17, 15) is 5.11 Å². The maximum Gasteiger partial charge on any atom is 0.123 e. The Labute approximate surface area is 122 Å². The summed E-state index contributed by atoms with van der Waals surface area (Å²) in [5, 5.41) is 14.0. The molecule has 112 valence electrons. The van der Waals surface area contributed by atoms with Crippen LogP contribution in [-0.4, -0.2) is 23.9 Å². The van der Waals surface area contributed by atoms with Crippen molar-refractivity contribution in [2.24, 2.45) is 5.92 Å². The molecule has 1 aromatic rings. The second kappa shape index (κ2) is 7.09. The summed E-state index contributed by atoms with van der Waals surface area (Å²) in [4.78, 5) is 0. The van der Waals surface area contributed by atoms with Crippen molar-refractivity contribution < 1.29 is 9.84 Å². The molecule has 2 unspecified atom stereocenters. The van der Waals surface area contributed by atoms with Crippen LogP contribution in [0, 0.1) is 5.92 Å². The molecule has 0 amide bonds. The molecular formula is C17H27NO2. The highest BCUT2D eigenvalue weighted by Crippen LogP contribution is 2.31. The fourth-order valence-corrected chi connectivity index (χ4v) is 3.17. The number of benzene rings is 1. The molecular weight excluding hydrogens is 250 g/mol. The van der Waals surface area contributed by atoms with Crippen LogP contribution in [0.2, 0.25) is 0 Å². The molecule has 3 nitrogen and oxygen atoms in total. The van der Waals surface area contributed by atoms with Crippen LogP contribution in [0.15, 0.2) is 24.3 Å². The summed E-state index contributed by atoms with van der Waals surface area (Å²) < 4.78 is 5.62. The molecule has 0 bridgehead atoms. The molecule has 20 heavy (non-hydrogen) atoms. The first-order chi connectivity index (χ1) is 9.63. The minimum atomic E-state index is -0.530. The maximum atomic E-state index is 10.6. The highest BCUT2D eigenvalue weighted by atomic mass is 16.5. The standard InChI is InChI=1S/C17H27NO2/c1-3-20-16-9-5-4-8-15(16)12-18-13-17(19)10-6-7-14(2)11-17/h4-5,8-9,14,18-19H,3,6-7,10-13H2,1-2H3. The number of hydrogen-bond donors (Lipinski definition) is 2. The number of hydrogen-bond acceptors (Lipinski definition) is 3. The zero-order chi connectivity index (χ0) is 14.4. The van der Waals surface area contributed by atoms with E-state index < -0.39 is 5.60 Å². The third-order valence-electron chi connectivity index (χ3n) is 4.11. The molecule has 1 fully saturated rings. The van der Waals surface area contributed by atoms with Gasteiger partial charge in [0.2, 0.25) is 0 Å². The van der Waals surface area contributed by atoms with Gasteiger partial charge in [-0.2, -0.15) is 0 Å². The molecule has 0 heterocycles. The van der Waals surface area contributed by atoms with Crippen molar-refractivity contribution in [3.63, 3.8) is 0 Å². The molecule has 0 aliphatic heterocycles. The summed E-state index contributed by atoms with van der Waals surface area (Å²) in [7, 11) is 0. The van der Waals surface area contributed by atoms with Gasteiger partial charge in [0.1, 0.15) is 5.75 Å². The Bertz CT molecular complexity index is 421. The predicted octanol–water partition coefficient (Wildman–Crippen LogP) is 3.12. The molecule has 0 radical (unpaired) electrons. The first-order valence-corrected chi connectivity index (χ1v) is 7.77. The fourth-order valence-electron chi connectivity index (χ4n) is 3.17. The number of rotatable bonds is 6. The van der Waals surface area contributed by atoms with Crippen LogP contribution in [0.3, 0.4) is 0 Å². The van der Waals surface area contributed by atoms with Crippen LogP contribution in [-0.2, 0) is 6.54 Å². The average molecular weight is 277 g/mol. The normalized spacial score (nSPS) is 26.4. The molecule has 0 aromatic heterocycles. The van der Waals surface area contributed by atoms with Crippen molar-refractivity contribution in [1.82, 2.24) is 5.32 Å². The highest BCUT2D eigenvalue weighted by Gasteiger charge is 2.32. The molecule has 2 N–H and O–H groups in total. The average Bonchev–Trinajstić information content (AvgIpc) is 2.40. The third-order valence-corrected chi connectivity index (χ3v) is 4.11. The molecule has 0 spiro atoms. The summed E-state index contributed by atoms with van der Waals surface area (Å²) in [6.07, 6.45) is 4.20. The number of aliphatic hydroxyl groups is 1. The summed E-state index contributed by atoms with van der Waals surface area (Å²) in [5.74, 6) is 1.57. The third kappa shape index (κ3) is 4.22. The van der Waals surface area contributed by atoms with E-state index >= 15 is 0 Å². The van der Waals surface area contributed by atoms with Crippen molar-refractivity contribution in [1.29, 1.82) is 0 Å². The topological polar surface area (TPSA) is 41.5 Å². The van der Waals surface area contributed by atoms with Gasteiger partial charge in [-0.1, -0.05) is 38.0 Å². The second-order valence-corrected chi connectivity index (χ2v) is 6.07. The molecule has 2 atom stereocenters. The zero-order valence-electron chi connectivity index (χ0n) is 12.7. The first-order valence-electron chi connectivity index (χ1n) is 7.77. The van der Waals surface area contributed by atoms with Crippen LogP contribution in [0.25, 0.3) is 0 Å². The lowest BCUT2D eigenvalue weighted by Crippen LogP contribution is -2.43. The quantitative estimate of drug-likeness (QED) is 0.839. The van der Waals surface area contributed by atoms with E-state index in [1.165, 1.54) is 6.42 Å². The smallest absolute Gasteiger partial charge is 0.123 e. The largest absolute Gasteiger partial charge is 0.494 e. The lowest BCUT2D eigenvalue weighted by Gasteiger charge is -2.35. The van der Waals surface area contributed by atoms with E-state index in [0.29, 0.717) is 19.1 Å². The lowest BCUT2D eigenvalue weighted by molar-refractivity contribution is -0.0119. The lowest BCUT2D eigenvalue weighted by atomic mass is 9.79. The fraction of sp³-hybridized carbons (Fsp3) is 0.647. The molecule has 1 aliphatic rings. The van der Waals surface area contributed by atoms with Gasteiger partial charge in [-0.3, -0.25) is 0 Å². The van der Waals surface area contributed by atoms with Gasteiger partial charge in [0, 0.05) is 18.7 Å². The van der Waals surface area contributed by atoms with Gasteiger partial charge in [-0.05, 0) is 31.7 Å². The number of para-hydroxylation sites is 1. The van der Waals surface area contributed by atoms with Gasteiger partial charge >= 0.3 is 0 Å². The zero-order valence-corrected chi connectivity index (χ0v) is 12.7. The Hall–Kier alpha value is -1.06. The summed E-state index contributed by atoms with van der Waals surface area (Å²) >= 11 is 0. The Morgan fingerprint density at radius 3 is 2.95 bits per heavy atom. The van der Waals surface area contributed by atoms with E-state index in [2.05, 4.69) is 18.3 Å². The molecule has 3 heteroatoms. The van der Waals surface area contributed by atoms with Crippen molar-refractivity contribution in [3.05, 3.63) is 29.8 Å². The minimum Gasteiger partial charge on any atom is -0.494 e. The molecule has 0 saturated heterocycles.